The van der Waals surface area contributed by atoms with E-state index in [2.05, 4.69) is 5.32 Å². The summed E-state index contributed by atoms with van der Waals surface area (Å²) in [6.45, 7) is 6.41. The van der Waals surface area contributed by atoms with Crippen LogP contribution in [0.15, 0.2) is 18.2 Å². The van der Waals surface area contributed by atoms with Gasteiger partial charge in [-0.05, 0) is 39.0 Å². The molecular formula is C15H21NO4. The Morgan fingerprint density at radius 2 is 2.05 bits per heavy atom. The number of hydrogen-bond acceptors (Lipinski definition) is 4. The molecule has 0 fully saturated rings. The Bertz CT molecular complexity index is 457. The SMILES string of the molecule is CCOc1cc(C=O)ccc1OCCC(=O)NC(C)C. The summed E-state index contributed by atoms with van der Waals surface area (Å²) in [6, 6.07) is 5.07. The Hall–Kier alpha value is -2.04. The zero-order valence-corrected chi connectivity index (χ0v) is 12.1. The maximum absolute atomic E-state index is 11.5. The summed E-state index contributed by atoms with van der Waals surface area (Å²) in [5.74, 6) is 0.999. The molecule has 0 radical (unpaired) electrons. The van der Waals surface area contributed by atoms with Crippen LogP contribution in [0.3, 0.4) is 0 Å². The lowest BCUT2D eigenvalue weighted by molar-refractivity contribution is -0.122. The standard InChI is InChI=1S/C15H21NO4/c1-4-19-14-9-12(10-17)5-6-13(14)20-8-7-15(18)16-11(2)3/h5-6,9-11H,4,7-8H2,1-3H3,(H,16,18). The van der Waals surface area contributed by atoms with E-state index in [1.165, 1.54) is 0 Å². The number of aldehydes is 1. The van der Waals surface area contributed by atoms with E-state index in [1.54, 1.807) is 18.2 Å². The van der Waals surface area contributed by atoms with Gasteiger partial charge in [0.2, 0.25) is 5.91 Å². The third-order valence-electron chi connectivity index (χ3n) is 2.44. The predicted octanol–water partition coefficient (Wildman–Crippen LogP) is 2.19. The van der Waals surface area contributed by atoms with Gasteiger partial charge < -0.3 is 14.8 Å². The molecule has 1 aromatic carbocycles. The van der Waals surface area contributed by atoms with Crippen LogP contribution >= 0.6 is 0 Å². The van der Waals surface area contributed by atoms with E-state index in [0.717, 1.165) is 6.29 Å². The van der Waals surface area contributed by atoms with Crippen LogP contribution in [-0.4, -0.2) is 31.4 Å². The maximum Gasteiger partial charge on any atom is 0.223 e. The summed E-state index contributed by atoms with van der Waals surface area (Å²) in [7, 11) is 0. The van der Waals surface area contributed by atoms with Gasteiger partial charge in [0, 0.05) is 11.6 Å². The van der Waals surface area contributed by atoms with Gasteiger partial charge in [-0.15, -0.1) is 0 Å². The van der Waals surface area contributed by atoms with Crippen LogP contribution in [0.4, 0.5) is 0 Å². The van der Waals surface area contributed by atoms with E-state index < -0.39 is 0 Å². The first-order chi connectivity index (χ1) is 9.56. The molecule has 0 aliphatic heterocycles. The average Bonchev–Trinajstić information content (AvgIpc) is 2.39. The van der Waals surface area contributed by atoms with Crippen LogP contribution in [0.5, 0.6) is 11.5 Å². The Kier molecular flexibility index (Phi) is 6.56. The van der Waals surface area contributed by atoms with E-state index in [9.17, 15) is 9.59 Å². The molecule has 0 aliphatic carbocycles. The van der Waals surface area contributed by atoms with Crippen molar-refractivity contribution in [2.45, 2.75) is 33.2 Å². The van der Waals surface area contributed by atoms with Gasteiger partial charge in [0.25, 0.3) is 0 Å². The van der Waals surface area contributed by atoms with E-state index in [0.29, 0.717) is 23.7 Å². The van der Waals surface area contributed by atoms with Gasteiger partial charge in [-0.2, -0.15) is 0 Å². The van der Waals surface area contributed by atoms with Crippen molar-refractivity contribution < 1.29 is 19.1 Å². The fourth-order valence-electron chi connectivity index (χ4n) is 1.63. The first-order valence-corrected chi connectivity index (χ1v) is 6.71. The fourth-order valence-corrected chi connectivity index (χ4v) is 1.63. The molecule has 0 aromatic heterocycles. The highest BCUT2D eigenvalue weighted by molar-refractivity contribution is 5.77. The minimum atomic E-state index is -0.0533. The van der Waals surface area contributed by atoms with Gasteiger partial charge in [-0.1, -0.05) is 0 Å². The quantitative estimate of drug-likeness (QED) is 0.741. The summed E-state index contributed by atoms with van der Waals surface area (Å²) in [5.41, 5.74) is 0.526. The number of carbonyl (C=O) groups excluding carboxylic acids is 2. The second kappa shape index (κ2) is 8.19. The van der Waals surface area contributed by atoms with Gasteiger partial charge in [0.1, 0.15) is 6.29 Å². The molecule has 5 heteroatoms. The second-order valence-electron chi connectivity index (χ2n) is 4.58. The van der Waals surface area contributed by atoms with Crippen molar-refractivity contribution in [3.8, 4) is 11.5 Å². The highest BCUT2D eigenvalue weighted by Gasteiger charge is 2.08. The van der Waals surface area contributed by atoms with Gasteiger partial charge in [-0.25, -0.2) is 0 Å². The highest BCUT2D eigenvalue weighted by Crippen LogP contribution is 2.28. The molecule has 0 saturated carbocycles. The number of amides is 1. The summed E-state index contributed by atoms with van der Waals surface area (Å²) in [6.07, 6.45) is 1.03. The maximum atomic E-state index is 11.5. The number of carbonyl (C=O) groups is 2. The fraction of sp³-hybridized carbons (Fsp3) is 0.467. The Morgan fingerprint density at radius 1 is 1.30 bits per heavy atom. The van der Waals surface area contributed by atoms with Gasteiger partial charge in [0.15, 0.2) is 11.5 Å². The number of rotatable bonds is 8. The molecule has 5 nitrogen and oxygen atoms in total. The minimum Gasteiger partial charge on any atom is -0.490 e. The molecular weight excluding hydrogens is 258 g/mol. The normalized spacial score (nSPS) is 10.2. The van der Waals surface area contributed by atoms with E-state index in [-0.39, 0.29) is 25.0 Å². The number of benzene rings is 1. The largest absolute Gasteiger partial charge is 0.490 e. The molecule has 110 valence electrons. The molecule has 0 atom stereocenters. The minimum absolute atomic E-state index is 0.0533. The highest BCUT2D eigenvalue weighted by atomic mass is 16.5. The van der Waals surface area contributed by atoms with Crippen LogP contribution in [-0.2, 0) is 4.79 Å². The van der Waals surface area contributed by atoms with Gasteiger partial charge in [-0.3, -0.25) is 9.59 Å². The van der Waals surface area contributed by atoms with E-state index in [4.69, 9.17) is 9.47 Å². The van der Waals surface area contributed by atoms with Crippen LogP contribution in [0.1, 0.15) is 37.6 Å². The Morgan fingerprint density at radius 3 is 2.65 bits per heavy atom. The number of nitrogens with one attached hydrogen (secondary N) is 1. The van der Waals surface area contributed by atoms with Crippen molar-refractivity contribution in [3.05, 3.63) is 23.8 Å². The summed E-state index contributed by atoms with van der Waals surface area (Å²) >= 11 is 0. The van der Waals surface area contributed by atoms with Crippen LogP contribution < -0.4 is 14.8 Å². The lowest BCUT2D eigenvalue weighted by Gasteiger charge is -2.13. The zero-order valence-electron chi connectivity index (χ0n) is 12.1. The smallest absolute Gasteiger partial charge is 0.223 e. The predicted molar refractivity (Wildman–Crippen MR) is 76.4 cm³/mol. The molecule has 1 aromatic rings. The van der Waals surface area contributed by atoms with Crippen molar-refractivity contribution in [2.75, 3.05) is 13.2 Å². The molecule has 0 saturated heterocycles. The average molecular weight is 279 g/mol. The second-order valence-corrected chi connectivity index (χ2v) is 4.58. The summed E-state index contributed by atoms with van der Waals surface area (Å²) in [5, 5.41) is 2.79. The van der Waals surface area contributed by atoms with Crippen LogP contribution in [0, 0.1) is 0 Å². The topological polar surface area (TPSA) is 64.6 Å². The van der Waals surface area contributed by atoms with Gasteiger partial charge >= 0.3 is 0 Å². The molecule has 0 aliphatic rings. The van der Waals surface area contributed by atoms with Crippen LogP contribution in [0.2, 0.25) is 0 Å². The molecule has 1 amide bonds. The summed E-state index contributed by atoms with van der Waals surface area (Å²) in [4.78, 5) is 22.2. The van der Waals surface area contributed by atoms with Crippen molar-refractivity contribution >= 4 is 12.2 Å². The third-order valence-corrected chi connectivity index (χ3v) is 2.44. The monoisotopic (exact) mass is 279 g/mol. The molecule has 0 unspecified atom stereocenters. The van der Waals surface area contributed by atoms with Crippen molar-refractivity contribution in [1.82, 2.24) is 5.32 Å². The first kappa shape index (κ1) is 16.0. The zero-order chi connectivity index (χ0) is 15.0. The van der Waals surface area contributed by atoms with Crippen molar-refractivity contribution in [3.63, 3.8) is 0 Å². The molecule has 20 heavy (non-hydrogen) atoms. The molecule has 1 rings (SSSR count). The first-order valence-electron chi connectivity index (χ1n) is 6.71. The lowest BCUT2D eigenvalue weighted by atomic mass is 10.2. The summed E-state index contributed by atoms with van der Waals surface area (Å²) < 4.78 is 11.0. The van der Waals surface area contributed by atoms with E-state index in [1.807, 2.05) is 20.8 Å². The van der Waals surface area contributed by atoms with Gasteiger partial charge in [0.05, 0.1) is 19.6 Å². The molecule has 0 spiro atoms. The molecule has 0 heterocycles. The number of ether oxygens (including phenoxy) is 2. The Balaban J connectivity index is 2.58. The lowest BCUT2D eigenvalue weighted by Crippen LogP contribution is -2.31. The van der Waals surface area contributed by atoms with Crippen molar-refractivity contribution in [2.24, 2.45) is 0 Å². The molecule has 0 bridgehead atoms. The van der Waals surface area contributed by atoms with Crippen molar-refractivity contribution in [1.29, 1.82) is 0 Å². The third kappa shape index (κ3) is 5.30. The number of hydrogen-bond donors (Lipinski definition) is 1. The van der Waals surface area contributed by atoms with Crippen LogP contribution in [0.25, 0.3) is 0 Å². The molecule has 1 N–H and O–H groups in total. The Labute approximate surface area is 119 Å². The van der Waals surface area contributed by atoms with E-state index >= 15 is 0 Å².